The zero-order chi connectivity index (χ0) is 40.9. The van der Waals surface area contributed by atoms with Crippen LogP contribution < -0.4 is 0 Å². The number of hydrogen-bond acceptors (Lipinski definition) is 16. The Kier molecular flexibility index (Phi) is 14.4. The first-order valence-corrected chi connectivity index (χ1v) is 19.0. The Morgan fingerprint density at radius 1 is 0.561 bits per heavy atom. The molecule has 0 saturated carbocycles. The van der Waals surface area contributed by atoms with Crippen molar-refractivity contribution in [1.29, 1.82) is 0 Å². The molecule has 0 atom stereocenters. The molecule has 0 saturated heterocycles. The van der Waals surface area contributed by atoms with Gasteiger partial charge in [0.2, 0.25) is 0 Å². The van der Waals surface area contributed by atoms with E-state index in [4.69, 9.17) is 0 Å². The first kappa shape index (κ1) is 44.5. The average Bonchev–Trinajstić information content (AvgIpc) is 3.15. The van der Waals surface area contributed by atoms with Gasteiger partial charge in [-0.3, -0.25) is 20.2 Å². The fourth-order valence-electron chi connectivity index (χ4n) is 5.51. The van der Waals surface area contributed by atoms with Crippen LogP contribution in [-0.4, -0.2) is 94.9 Å². The Bertz CT molecular complexity index is 2640. The van der Waals surface area contributed by atoms with E-state index in [0.717, 1.165) is 12.1 Å². The largest absolute Gasteiger partial charge is 2.00 e. The standard InChI is InChI=1S/2C18H15N3O6S.Ba/c2*1-2-11-8-13(10-14(9-11)21(23)24)19-20-18-15(22)7-6-12-4-3-5-16(17(12)18)28(25,26)27;/h2*3-10,22H,2H2,1H3,(H,25,26,27);/q;;+2/p-2. The van der Waals surface area contributed by atoms with Crippen molar-refractivity contribution in [2.45, 2.75) is 36.5 Å². The summed E-state index contributed by atoms with van der Waals surface area (Å²) < 4.78 is 69.6. The zero-order valence-corrected chi connectivity index (χ0v) is 35.9. The Morgan fingerprint density at radius 3 is 1.25 bits per heavy atom. The van der Waals surface area contributed by atoms with Crippen LogP contribution in [0.3, 0.4) is 0 Å². The van der Waals surface area contributed by atoms with Crippen molar-refractivity contribution >= 4 is 125 Å². The van der Waals surface area contributed by atoms with Crippen LogP contribution in [0, 0.1) is 20.2 Å². The van der Waals surface area contributed by atoms with Gasteiger partial charge in [0.05, 0.1) is 31.0 Å². The molecule has 18 nitrogen and oxygen atoms in total. The molecule has 6 rings (SSSR count). The molecule has 0 amide bonds. The first-order chi connectivity index (χ1) is 26.4. The second-order valence-electron chi connectivity index (χ2n) is 11.8. The summed E-state index contributed by atoms with van der Waals surface area (Å²) in [7, 11) is -9.66. The molecule has 0 bridgehead atoms. The van der Waals surface area contributed by atoms with Gasteiger partial charge in [-0.25, -0.2) is 16.8 Å². The summed E-state index contributed by atoms with van der Waals surface area (Å²) in [6.07, 6.45) is 1.06. The zero-order valence-electron chi connectivity index (χ0n) is 29.8. The van der Waals surface area contributed by atoms with Gasteiger partial charge in [0.25, 0.3) is 11.4 Å². The molecular formula is C36H28BaN6O12S2. The van der Waals surface area contributed by atoms with Crippen LogP contribution in [-0.2, 0) is 33.1 Å². The smallest absolute Gasteiger partial charge is 0.744 e. The van der Waals surface area contributed by atoms with Crippen molar-refractivity contribution in [3.8, 4) is 11.5 Å². The molecule has 0 aromatic heterocycles. The quantitative estimate of drug-likeness (QED) is 0.0431. The summed E-state index contributed by atoms with van der Waals surface area (Å²) in [5.41, 5.74) is 0.877. The Morgan fingerprint density at radius 2 is 0.930 bits per heavy atom. The van der Waals surface area contributed by atoms with Crippen molar-refractivity contribution in [1.82, 2.24) is 0 Å². The second-order valence-corrected chi connectivity index (χ2v) is 14.5. The molecule has 6 aromatic rings. The number of benzene rings is 6. The number of nitrogens with zero attached hydrogens (tertiary/aromatic N) is 6. The van der Waals surface area contributed by atoms with Crippen LogP contribution in [0.25, 0.3) is 21.5 Å². The Labute approximate surface area is 364 Å². The van der Waals surface area contributed by atoms with Crippen molar-refractivity contribution in [2.24, 2.45) is 20.5 Å². The Hall–Kier alpha value is -5.17. The van der Waals surface area contributed by atoms with E-state index >= 15 is 0 Å². The number of hydrogen-bond donors (Lipinski definition) is 2. The van der Waals surface area contributed by atoms with Crippen LogP contribution in [0.5, 0.6) is 11.5 Å². The molecule has 0 spiro atoms. The van der Waals surface area contributed by atoms with E-state index in [1.807, 2.05) is 13.8 Å². The number of aromatic hydroxyl groups is 2. The van der Waals surface area contributed by atoms with Crippen molar-refractivity contribution < 1.29 is 46.0 Å². The number of fused-ring (bicyclic) bond motifs is 2. The third-order valence-electron chi connectivity index (χ3n) is 8.15. The second kappa shape index (κ2) is 18.4. The number of non-ortho nitro benzene ring substituents is 2. The summed E-state index contributed by atoms with van der Waals surface area (Å²) in [6.45, 7) is 3.64. The van der Waals surface area contributed by atoms with Gasteiger partial charge < -0.3 is 19.3 Å². The van der Waals surface area contributed by atoms with E-state index < -0.39 is 39.9 Å². The van der Waals surface area contributed by atoms with Gasteiger partial charge in [0, 0.05) is 35.0 Å². The molecule has 0 aliphatic carbocycles. The van der Waals surface area contributed by atoms with E-state index in [2.05, 4.69) is 20.5 Å². The molecule has 0 heterocycles. The Balaban J connectivity index is 0.000000248. The van der Waals surface area contributed by atoms with Crippen LogP contribution in [0.2, 0.25) is 0 Å². The van der Waals surface area contributed by atoms with E-state index in [1.54, 1.807) is 24.3 Å². The maximum Gasteiger partial charge on any atom is 2.00 e. The molecule has 0 aliphatic heterocycles. The fourth-order valence-corrected chi connectivity index (χ4v) is 6.93. The normalized spacial score (nSPS) is 11.7. The molecule has 0 aliphatic rings. The van der Waals surface area contributed by atoms with Gasteiger partial charge in [-0.2, -0.15) is 10.2 Å². The van der Waals surface area contributed by atoms with Gasteiger partial charge in [0.1, 0.15) is 43.1 Å². The molecule has 2 N–H and O–H groups in total. The number of phenolic OH excluding ortho intramolecular Hbond substituents is 2. The molecule has 288 valence electrons. The monoisotopic (exact) mass is 938 g/mol. The topological polar surface area (TPSA) is 291 Å². The summed E-state index contributed by atoms with van der Waals surface area (Å²) in [4.78, 5) is 19.9. The van der Waals surface area contributed by atoms with E-state index in [0.29, 0.717) is 34.7 Å². The molecule has 6 aromatic carbocycles. The molecule has 0 fully saturated rings. The minimum absolute atomic E-state index is 0. The third-order valence-corrected chi connectivity index (χ3v) is 9.91. The third kappa shape index (κ3) is 10.6. The van der Waals surface area contributed by atoms with Gasteiger partial charge in [-0.05, 0) is 71.1 Å². The van der Waals surface area contributed by atoms with Gasteiger partial charge in [-0.1, -0.05) is 50.2 Å². The maximum atomic E-state index is 11.6. The molecule has 21 heteroatoms. The summed E-state index contributed by atoms with van der Waals surface area (Å²) in [6, 6.07) is 22.0. The summed E-state index contributed by atoms with van der Waals surface area (Å²) in [5, 5.41) is 58.7. The van der Waals surface area contributed by atoms with Crippen molar-refractivity contribution in [3.05, 3.63) is 128 Å². The van der Waals surface area contributed by atoms with Crippen LogP contribution >= 0.6 is 0 Å². The molecule has 57 heavy (non-hydrogen) atoms. The number of azo groups is 2. The van der Waals surface area contributed by atoms with E-state index in [-0.39, 0.29) is 105 Å². The van der Waals surface area contributed by atoms with Crippen molar-refractivity contribution in [2.75, 3.05) is 0 Å². The fraction of sp³-hybridized carbons (Fsp3) is 0.111. The number of rotatable bonds is 10. The molecule has 0 radical (unpaired) electrons. The first-order valence-electron chi connectivity index (χ1n) is 16.2. The predicted molar refractivity (Wildman–Crippen MR) is 206 cm³/mol. The van der Waals surface area contributed by atoms with Crippen LogP contribution in [0.15, 0.2) is 127 Å². The number of nitro benzene ring substituents is 2. The van der Waals surface area contributed by atoms with Gasteiger partial charge >= 0.3 is 48.9 Å². The van der Waals surface area contributed by atoms with Gasteiger partial charge in [0.15, 0.2) is 0 Å². The summed E-state index contributed by atoms with van der Waals surface area (Å²) >= 11 is 0. The van der Waals surface area contributed by atoms with Crippen LogP contribution in [0.4, 0.5) is 34.1 Å². The number of aryl methyl sites for hydroxylation is 2. The predicted octanol–water partition coefficient (Wildman–Crippen LogP) is 8.29. The van der Waals surface area contributed by atoms with Crippen LogP contribution in [0.1, 0.15) is 25.0 Å². The maximum absolute atomic E-state index is 11.6. The minimum Gasteiger partial charge on any atom is -0.744 e. The molecule has 0 unspecified atom stereocenters. The molecular weight excluding hydrogens is 910 g/mol. The van der Waals surface area contributed by atoms with E-state index in [1.165, 1.54) is 60.7 Å². The van der Waals surface area contributed by atoms with E-state index in [9.17, 15) is 56.4 Å². The SMILES string of the molecule is CCc1cc(N=Nc2c(O)ccc3cccc(S(=O)(=O)[O-])c23)cc([N+](=O)[O-])c1.CCc1cc(N=Nc2c(O)ccc3cccc(S(=O)(=O)[O-])c23)cc([N+](=O)[O-])c1.[Ba+2]. The number of nitro groups is 2. The minimum atomic E-state index is -4.83. The van der Waals surface area contributed by atoms with Crippen molar-refractivity contribution in [3.63, 3.8) is 0 Å². The van der Waals surface area contributed by atoms with Gasteiger partial charge in [-0.15, -0.1) is 10.2 Å². The average molecular weight is 938 g/mol. The summed E-state index contributed by atoms with van der Waals surface area (Å²) in [5.74, 6) is -0.762. The number of phenols is 2.